The fraction of sp³-hybridized carbons (Fsp3) is 1.00. The predicted octanol–water partition coefficient (Wildman–Crippen LogP) is 0.989. The van der Waals surface area contributed by atoms with Crippen molar-refractivity contribution < 1.29 is 9.84 Å². The lowest BCUT2D eigenvalue weighted by Gasteiger charge is -2.36. The molecule has 2 aliphatic heterocycles. The van der Waals surface area contributed by atoms with Crippen molar-refractivity contribution in [3.8, 4) is 0 Å². The van der Waals surface area contributed by atoms with Crippen molar-refractivity contribution >= 4 is 0 Å². The molecule has 0 aromatic heterocycles. The van der Waals surface area contributed by atoms with Gasteiger partial charge in [-0.15, -0.1) is 0 Å². The standard InChI is InChI=1S/C14H28N2O2/c1-11(2)15-14(3,10-17)6-7-16-8-12-4-5-13(9-16)18-12/h11-13,15,17H,4-10H2,1-3H3. The van der Waals surface area contributed by atoms with Gasteiger partial charge < -0.3 is 15.2 Å². The van der Waals surface area contributed by atoms with Gasteiger partial charge in [0.2, 0.25) is 0 Å². The average Bonchev–Trinajstić information content (AvgIpc) is 2.65. The minimum absolute atomic E-state index is 0.161. The zero-order valence-corrected chi connectivity index (χ0v) is 12.0. The Morgan fingerprint density at radius 1 is 1.33 bits per heavy atom. The number of aliphatic hydroxyl groups is 1. The summed E-state index contributed by atoms with van der Waals surface area (Å²) in [5, 5.41) is 13.0. The minimum Gasteiger partial charge on any atom is -0.394 e. The Kier molecular flexibility index (Phi) is 4.64. The highest BCUT2D eigenvalue weighted by atomic mass is 16.5. The number of ether oxygens (including phenoxy) is 1. The van der Waals surface area contributed by atoms with E-state index in [1.165, 1.54) is 12.8 Å². The molecule has 106 valence electrons. The summed E-state index contributed by atoms with van der Waals surface area (Å²) in [5.74, 6) is 0. The highest BCUT2D eigenvalue weighted by Gasteiger charge is 2.34. The zero-order chi connectivity index (χ0) is 13.2. The molecule has 0 saturated carbocycles. The van der Waals surface area contributed by atoms with Crippen LogP contribution >= 0.6 is 0 Å². The second-order valence-electron chi connectivity index (χ2n) is 6.48. The van der Waals surface area contributed by atoms with Crippen LogP contribution in [0.25, 0.3) is 0 Å². The van der Waals surface area contributed by atoms with Crippen LogP contribution in [0.15, 0.2) is 0 Å². The largest absolute Gasteiger partial charge is 0.394 e. The van der Waals surface area contributed by atoms with Crippen molar-refractivity contribution in [1.29, 1.82) is 0 Å². The lowest BCUT2D eigenvalue weighted by molar-refractivity contribution is -0.0411. The number of rotatable bonds is 6. The highest BCUT2D eigenvalue weighted by molar-refractivity contribution is 4.89. The van der Waals surface area contributed by atoms with Gasteiger partial charge in [0.1, 0.15) is 0 Å². The summed E-state index contributed by atoms with van der Waals surface area (Å²) in [4.78, 5) is 2.50. The summed E-state index contributed by atoms with van der Waals surface area (Å²) >= 11 is 0. The van der Waals surface area contributed by atoms with Crippen molar-refractivity contribution in [2.75, 3.05) is 26.2 Å². The Bertz CT molecular complexity index is 261. The van der Waals surface area contributed by atoms with E-state index in [1.807, 2.05) is 0 Å². The first-order valence-electron chi connectivity index (χ1n) is 7.27. The molecule has 2 aliphatic rings. The number of hydrogen-bond donors (Lipinski definition) is 2. The second kappa shape index (κ2) is 5.87. The van der Waals surface area contributed by atoms with Crippen LogP contribution in [0.3, 0.4) is 0 Å². The van der Waals surface area contributed by atoms with Crippen LogP contribution in [0, 0.1) is 0 Å². The third kappa shape index (κ3) is 3.67. The Labute approximate surface area is 111 Å². The summed E-state index contributed by atoms with van der Waals surface area (Å²) in [6.07, 6.45) is 4.36. The number of hydrogen-bond acceptors (Lipinski definition) is 4. The molecule has 4 heteroatoms. The molecular formula is C14H28N2O2. The van der Waals surface area contributed by atoms with E-state index in [2.05, 4.69) is 31.0 Å². The van der Waals surface area contributed by atoms with Gasteiger partial charge in [0.25, 0.3) is 0 Å². The summed E-state index contributed by atoms with van der Waals surface area (Å²) in [5.41, 5.74) is -0.161. The van der Waals surface area contributed by atoms with Crippen molar-refractivity contribution in [3.63, 3.8) is 0 Å². The molecule has 2 saturated heterocycles. The van der Waals surface area contributed by atoms with Crippen LogP contribution in [-0.4, -0.2) is 60.0 Å². The number of nitrogens with one attached hydrogen (secondary N) is 1. The highest BCUT2D eigenvalue weighted by Crippen LogP contribution is 2.26. The molecule has 0 aliphatic carbocycles. The molecule has 2 bridgehead atoms. The monoisotopic (exact) mass is 256 g/mol. The summed E-state index contributed by atoms with van der Waals surface area (Å²) in [7, 11) is 0. The van der Waals surface area contributed by atoms with Crippen LogP contribution in [0.4, 0.5) is 0 Å². The van der Waals surface area contributed by atoms with Crippen LogP contribution in [0.2, 0.25) is 0 Å². The summed E-state index contributed by atoms with van der Waals surface area (Å²) < 4.78 is 5.84. The van der Waals surface area contributed by atoms with Gasteiger partial charge in [0.05, 0.1) is 18.8 Å². The van der Waals surface area contributed by atoms with E-state index in [0.717, 1.165) is 26.1 Å². The third-order valence-electron chi connectivity index (χ3n) is 4.09. The summed E-state index contributed by atoms with van der Waals surface area (Å²) in [6, 6.07) is 0.406. The van der Waals surface area contributed by atoms with Gasteiger partial charge in [-0.1, -0.05) is 13.8 Å². The first kappa shape index (κ1) is 14.3. The maximum Gasteiger partial charge on any atom is 0.0707 e. The van der Waals surface area contributed by atoms with Gasteiger partial charge in [0.15, 0.2) is 0 Å². The normalized spacial score (nSPS) is 31.8. The number of aliphatic hydroxyl groups excluding tert-OH is 1. The number of likely N-dealkylation sites (tertiary alicyclic amines) is 1. The molecule has 2 heterocycles. The third-order valence-corrected chi connectivity index (χ3v) is 4.09. The van der Waals surface area contributed by atoms with E-state index < -0.39 is 0 Å². The predicted molar refractivity (Wildman–Crippen MR) is 72.7 cm³/mol. The first-order chi connectivity index (χ1) is 8.50. The topological polar surface area (TPSA) is 44.7 Å². The van der Waals surface area contributed by atoms with Gasteiger partial charge in [0, 0.05) is 31.2 Å². The fourth-order valence-corrected chi connectivity index (χ4v) is 3.18. The first-order valence-corrected chi connectivity index (χ1v) is 7.27. The molecule has 0 aromatic rings. The summed E-state index contributed by atoms with van der Waals surface area (Å²) in [6.45, 7) is 9.75. The average molecular weight is 256 g/mol. The fourth-order valence-electron chi connectivity index (χ4n) is 3.18. The van der Waals surface area contributed by atoms with Crippen molar-refractivity contribution in [2.45, 2.75) is 63.8 Å². The molecule has 0 radical (unpaired) electrons. The van der Waals surface area contributed by atoms with Crippen LogP contribution in [0.1, 0.15) is 40.0 Å². The SMILES string of the molecule is CC(C)NC(C)(CO)CCN1CC2CCC(C1)O2. The molecule has 0 aromatic carbocycles. The molecule has 18 heavy (non-hydrogen) atoms. The van der Waals surface area contributed by atoms with Gasteiger partial charge >= 0.3 is 0 Å². The number of nitrogens with zero attached hydrogens (tertiary/aromatic N) is 1. The van der Waals surface area contributed by atoms with E-state index in [9.17, 15) is 5.11 Å². The van der Waals surface area contributed by atoms with E-state index >= 15 is 0 Å². The Morgan fingerprint density at radius 3 is 2.44 bits per heavy atom. The van der Waals surface area contributed by atoms with Gasteiger partial charge in [-0.25, -0.2) is 0 Å². The second-order valence-corrected chi connectivity index (χ2v) is 6.48. The van der Waals surface area contributed by atoms with Gasteiger partial charge in [-0.05, 0) is 26.2 Å². The van der Waals surface area contributed by atoms with Crippen LogP contribution in [-0.2, 0) is 4.74 Å². The van der Waals surface area contributed by atoms with Gasteiger partial charge in [-0.3, -0.25) is 4.90 Å². The molecule has 4 nitrogen and oxygen atoms in total. The minimum atomic E-state index is -0.161. The lowest BCUT2D eigenvalue weighted by Crippen LogP contribution is -2.52. The molecule has 0 spiro atoms. The zero-order valence-electron chi connectivity index (χ0n) is 12.0. The van der Waals surface area contributed by atoms with Crippen molar-refractivity contribution in [2.24, 2.45) is 0 Å². The van der Waals surface area contributed by atoms with Crippen LogP contribution < -0.4 is 5.32 Å². The lowest BCUT2D eigenvalue weighted by atomic mass is 9.97. The molecule has 2 rings (SSSR count). The quantitative estimate of drug-likeness (QED) is 0.744. The smallest absolute Gasteiger partial charge is 0.0707 e. The van der Waals surface area contributed by atoms with E-state index in [0.29, 0.717) is 18.2 Å². The van der Waals surface area contributed by atoms with Crippen molar-refractivity contribution in [3.05, 3.63) is 0 Å². The Balaban J connectivity index is 1.79. The molecule has 0 amide bonds. The molecule has 3 unspecified atom stereocenters. The Morgan fingerprint density at radius 2 is 1.94 bits per heavy atom. The molecular weight excluding hydrogens is 228 g/mol. The number of fused-ring (bicyclic) bond motifs is 2. The maximum absolute atomic E-state index is 9.57. The van der Waals surface area contributed by atoms with Crippen LogP contribution in [0.5, 0.6) is 0 Å². The Hall–Kier alpha value is -0.160. The number of morpholine rings is 1. The maximum atomic E-state index is 9.57. The van der Waals surface area contributed by atoms with Crippen molar-refractivity contribution in [1.82, 2.24) is 10.2 Å². The molecule has 2 N–H and O–H groups in total. The molecule has 3 atom stereocenters. The molecule has 2 fully saturated rings. The van der Waals surface area contributed by atoms with Gasteiger partial charge in [-0.2, -0.15) is 0 Å². The van der Waals surface area contributed by atoms with E-state index in [1.54, 1.807) is 0 Å². The van der Waals surface area contributed by atoms with E-state index in [-0.39, 0.29) is 12.1 Å². The van der Waals surface area contributed by atoms with E-state index in [4.69, 9.17) is 4.74 Å².